The molecule has 2 amide bonds. The molecule has 0 radical (unpaired) electrons. The van der Waals surface area contributed by atoms with Crippen LogP contribution in [0.5, 0.6) is 0 Å². The Morgan fingerprint density at radius 2 is 1.76 bits per heavy atom. The molecule has 0 unspecified atom stereocenters. The number of aromatic nitrogens is 2. The van der Waals surface area contributed by atoms with Crippen LogP contribution in [-0.2, 0) is 14.3 Å². The molecule has 0 saturated carbocycles. The summed E-state index contributed by atoms with van der Waals surface area (Å²) in [5.41, 5.74) is 3.15. The molecule has 2 aromatic carbocycles. The first-order valence-electron chi connectivity index (χ1n) is 11.3. The van der Waals surface area contributed by atoms with Gasteiger partial charge in [-0.1, -0.05) is 36.4 Å². The number of rotatable bonds is 4. The SMILES string of the molecule is CCN1C(=O)CO[C@H](C(=O)N2CCN(c3cccc4[nH]c(=O)[nH]c34)CC2)[C@H]1c1ccccc1. The predicted octanol–water partition coefficient (Wildman–Crippen LogP) is 1.49. The lowest BCUT2D eigenvalue weighted by molar-refractivity contribution is -0.169. The van der Waals surface area contributed by atoms with Crippen LogP contribution in [0.4, 0.5) is 5.69 Å². The number of carbonyl (C=O) groups is 2. The molecule has 2 aliphatic heterocycles. The maximum Gasteiger partial charge on any atom is 0.323 e. The van der Waals surface area contributed by atoms with E-state index in [-0.39, 0.29) is 24.1 Å². The lowest BCUT2D eigenvalue weighted by atomic mass is 9.96. The number of piperazine rings is 1. The van der Waals surface area contributed by atoms with Crippen LogP contribution >= 0.6 is 0 Å². The second-order valence-electron chi connectivity index (χ2n) is 8.36. The first kappa shape index (κ1) is 21.3. The number of ether oxygens (including phenoxy) is 1. The Labute approximate surface area is 190 Å². The van der Waals surface area contributed by atoms with Gasteiger partial charge in [-0.15, -0.1) is 0 Å². The van der Waals surface area contributed by atoms with Crippen molar-refractivity contribution in [3.05, 3.63) is 64.6 Å². The third-order valence-electron chi connectivity index (χ3n) is 6.52. The zero-order valence-corrected chi connectivity index (χ0v) is 18.5. The fourth-order valence-electron chi connectivity index (χ4n) is 4.89. The van der Waals surface area contributed by atoms with E-state index < -0.39 is 12.1 Å². The van der Waals surface area contributed by atoms with Gasteiger partial charge in [0, 0.05) is 32.7 Å². The van der Waals surface area contributed by atoms with E-state index in [4.69, 9.17) is 4.74 Å². The third-order valence-corrected chi connectivity index (χ3v) is 6.52. The van der Waals surface area contributed by atoms with Crippen molar-refractivity contribution >= 4 is 28.5 Å². The van der Waals surface area contributed by atoms with Crippen molar-refractivity contribution < 1.29 is 14.3 Å². The van der Waals surface area contributed by atoms with Gasteiger partial charge in [-0.2, -0.15) is 0 Å². The van der Waals surface area contributed by atoms with Crippen molar-refractivity contribution in [1.29, 1.82) is 0 Å². The molecule has 2 N–H and O–H groups in total. The average Bonchev–Trinajstić information content (AvgIpc) is 3.24. The van der Waals surface area contributed by atoms with E-state index in [0.717, 1.165) is 22.3 Å². The summed E-state index contributed by atoms with van der Waals surface area (Å²) in [7, 11) is 0. The van der Waals surface area contributed by atoms with Crippen molar-refractivity contribution in [2.45, 2.75) is 19.1 Å². The van der Waals surface area contributed by atoms with Crippen LogP contribution in [0, 0.1) is 0 Å². The zero-order valence-electron chi connectivity index (χ0n) is 18.5. The number of fused-ring (bicyclic) bond motifs is 1. The molecule has 2 atom stereocenters. The van der Waals surface area contributed by atoms with Gasteiger partial charge in [-0.05, 0) is 24.6 Å². The monoisotopic (exact) mass is 449 g/mol. The van der Waals surface area contributed by atoms with Crippen molar-refractivity contribution in [3.8, 4) is 0 Å². The molecule has 9 nitrogen and oxygen atoms in total. The normalized spacial score (nSPS) is 21.6. The summed E-state index contributed by atoms with van der Waals surface area (Å²) in [6.45, 7) is 4.69. The van der Waals surface area contributed by atoms with Gasteiger partial charge in [0.2, 0.25) is 5.91 Å². The summed E-state index contributed by atoms with van der Waals surface area (Å²) in [6, 6.07) is 14.9. The van der Waals surface area contributed by atoms with Crippen LogP contribution in [0.2, 0.25) is 0 Å². The molecule has 172 valence electrons. The van der Waals surface area contributed by atoms with Gasteiger partial charge in [0.15, 0.2) is 6.10 Å². The van der Waals surface area contributed by atoms with Crippen LogP contribution < -0.4 is 10.6 Å². The number of nitrogens with one attached hydrogen (secondary N) is 2. The molecule has 2 aliphatic rings. The topological polar surface area (TPSA) is 102 Å². The van der Waals surface area contributed by atoms with Gasteiger partial charge in [0.1, 0.15) is 6.61 Å². The standard InChI is InChI=1S/C24H27N5O4/c1-2-29-19(30)15-33-22(21(29)16-7-4-3-5-8-16)23(31)28-13-11-27(12-14-28)18-10-6-9-17-20(18)26-24(32)25-17/h3-10,21-22H,2,11-15H2,1H3,(H2,25,26,32)/t21-,22+/m1/s1. The van der Waals surface area contributed by atoms with Crippen molar-refractivity contribution in [1.82, 2.24) is 19.8 Å². The minimum atomic E-state index is -0.735. The highest BCUT2D eigenvalue weighted by atomic mass is 16.5. The minimum Gasteiger partial charge on any atom is -0.366 e. The number of aromatic amines is 2. The van der Waals surface area contributed by atoms with Gasteiger partial charge in [0.05, 0.1) is 22.8 Å². The predicted molar refractivity (Wildman–Crippen MR) is 124 cm³/mol. The van der Waals surface area contributed by atoms with Gasteiger partial charge < -0.3 is 29.4 Å². The van der Waals surface area contributed by atoms with Crippen molar-refractivity contribution in [2.75, 3.05) is 44.2 Å². The van der Waals surface area contributed by atoms with Gasteiger partial charge in [0.25, 0.3) is 5.91 Å². The van der Waals surface area contributed by atoms with E-state index >= 15 is 0 Å². The number of amides is 2. The lowest BCUT2D eigenvalue weighted by Gasteiger charge is -2.43. The molecule has 33 heavy (non-hydrogen) atoms. The largest absolute Gasteiger partial charge is 0.366 e. The number of imidazole rings is 1. The maximum atomic E-state index is 13.6. The quantitative estimate of drug-likeness (QED) is 0.629. The summed E-state index contributed by atoms with van der Waals surface area (Å²) in [5.74, 6) is -0.198. The zero-order chi connectivity index (χ0) is 22.9. The second-order valence-corrected chi connectivity index (χ2v) is 8.36. The van der Waals surface area contributed by atoms with Crippen LogP contribution in [0.3, 0.4) is 0 Å². The number of nitrogens with zero attached hydrogens (tertiary/aromatic N) is 3. The Morgan fingerprint density at radius 3 is 2.48 bits per heavy atom. The Bertz CT molecular complexity index is 1210. The number of anilines is 1. The Kier molecular flexibility index (Phi) is 5.63. The molecule has 2 fully saturated rings. The van der Waals surface area contributed by atoms with E-state index in [1.165, 1.54) is 0 Å². The highest BCUT2D eigenvalue weighted by Crippen LogP contribution is 2.32. The summed E-state index contributed by atoms with van der Waals surface area (Å²) < 4.78 is 5.84. The average molecular weight is 450 g/mol. The van der Waals surface area contributed by atoms with Gasteiger partial charge >= 0.3 is 5.69 Å². The first-order chi connectivity index (χ1) is 16.1. The van der Waals surface area contributed by atoms with Crippen LogP contribution in [0.25, 0.3) is 11.0 Å². The van der Waals surface area contributed by atoms with E-state index in [0.29, 0.717) is 32.7 Å². The Hall–Kier alpha value is -3.59. The van der Waals surface area contributed by atoms with Crippen LogP contribution in [0.1, 0.15) is 18.5 Å². The van der Waals surface area contributed by atoms with E-state index in [9.17, 15) is 14.4 Å². The molecule has 0 aliphatic carbocycles. The van der Waals surface area contributed by atoms with Gasteiger partial charge in [-0.3, -0.25) is 9.59 Å². The van der Waals surface area contributed by atoms with E-state index in [1.54, 1.807) is 4.90 Å². The minimum absolute atomic E-state index is 0.0869. The fourth-order valence-corrected chi connectivity index (χ4v) is 4.89. The molecule has 3 heterocycles. The smallest absolute Gasteiger partial charge is 0.323 e. The number of morpholine rings is 1. The Balaban J connectivity index is 1.34. The number of likely N-dealkylation sites (N-methyl/N-ethyl adjacent to an activating group) is 1. The van der Waals surface area contributed by atoms with E-state index in [1.807, 2.05) is 60.4 Å². The summed E-state index contributed by atoms with van der Waals surface area (Å²) >= 11 is 0. The third kappa shape index (κ3) is 3.89. The molecule has 3 aromatic rings. The molecular formula is C24H27N5O4. The van der Waals surface area contributed by atoms with Crippen molar-refractivity contribution in [2.24, 2.45) is 0 Å². The lowest BCUT2D eigenvalue weighted by Crippen LogP contribution is -2.58. The second kappa shape index (κ2) is 8.74. The highest BCUT2D eigenvalue weighted by molar-refractivity contribution is 5.89. The van der Waals surface area contributed by atoms with E-state index in [2.05, 4.69) is 14.9 Å². The van der Waals surface area contributed by atoms with Crippen LogP contribution in [-0.4, -0.2) is 77.0 Å². The first-order valence-corrected chi connectivity index (χ1v) is 11.3. The molecular weight excluding hydrogens is 422 g/mol. The fraction of sp³-hybridized carbons (Fsp3) is 0.375. The summed E-state index contributed by atoms with van der Waals surface area (Å²) in [6.07, 6.45) is -0.735. The molecule has 5 rings (SSSR count). The number of hydrogen-bond acceptors (Lipinski definition) is 5. The number of carbonyl (C=O) groups excluding carboxylic acids is 2. The van der Waals surface area contributed by atoms with Crippen molar-refractivity contribution in [3.63, 3.8) is 0 Å². The molecule has 0 spiro atoms. The number of hydrogen-bond donors (Lipinski definition) is 2. The Morgan fingerprint density at radius 1 is 1.00 bits per heavy atom. The van der Waals surface area contributed by atoms with Crippen LogP contribution in [0.15, 0.2) is 53.3 Å². The molecule has 2 saturated heterocycles. The number of benzene rings is 2. The van der Waals surface area contributed by atoms with Gasteiger partial charge in [-0.25, -0.2) is 4.79 Å². The number of para-hydroxylation sites is 1. The summed E-state index contributed by atoms with van der Waals surface area (Å²) in [4.78, 5) is 49.2. The highest BCUT2D eigenvalue weighted by Gasteiger charge is 2.43. The molecule has 0 bridgehead atoms. The molecule has 9 heteroatoms. The maximum absolute atomic E-state index is 13.6. The number of H-pyrrole nitrogens is 2. The summed E-state index contributed by atoms with van der Waals surface area (Å²) in [5, 5.41) is 0. The molecule has 1 aromatic heterocycles.